The Balaban J connectivity index is 2.64. The van der Waals surface area contributed by atoms with E-state index >= 15 is 0 Å². The lowest BCUT2D eigenvalue weighted by Crippen LogP contribution is -1.94. The van der Waals surface area contributed by atoms with Gasteiger partial charge in [0, 0.05) is 18.0 Å². The maximum atomic E-state index is 13.4. The van der Waals surface area contributed by atoms with Crippen LogP contribution in [0, 0.1) is 5.82 Å². The van der Waals surface area contributed by atoms with Gasteiger partial charge in [-0.05, 0) is 19.1 Å². The van der Waals surface area contributed by atoms with Gasteiger partial charge in [-0.25, -0.2) is 4.39 Å². The summed E-state index contributed by atoms with van der Waals surface area (Å²) in [6.07, 6.45) is 1.69. The van der Waals surface area contributed by atoms with Gasteiger partial charge in [0.25, 0.3) is 0 Å². The van der Waals surface area contributed by atoms with Gasteiger partial charge in [-0.15, -0.1) is 0 Å². The van der Waals surface area contributed by atoms with Gasteiger partial charge < -0.3 is 4.74 Å². The van der Waals surface area contributed by atoms with E-state index in [2.05, 4.69) is 11.7 Å². The van der Waals surface area contributed by atoms with Crippen LogP contribution in [0.2, 0.25) is 0 Å². The van der Waals surface area contributed by atoms with Gasteiger partial charge >= 0.3 is 0 Å². The predicted molar refractivity (Wildman–Crippen MR) is 61.3 cm³/mol. The number of hydrogen-bond donors (Lipinski definition) is 0. The number of fused-ring (bicyclic) bond motifs is 1. The molecule has 0 aliphatic rings. The molecule has 2 rings (SSSR count). The van der Waals surface area contributed by atoms with Gasteiger partial charge in [0.05, 0.1) is 18.3 Å². The molecule has 2 aromatic rings. The van der Waals surface area contributed by atoms with Crippen LogP contribution in [0.1, 0.15) is 12.5 Å². The second kappa shape index (κ2) is 3.96. The lowest BCUT2D eigenvalue weighted by molar-refractivity contribution is 0.299. The van der Waals surface area contributed by atoms with Gasteiger partial charge in [-0.2, -0.15) is 5.10 Å². The van der Waals surface area contributed by atoms with Crippen molar-refractivity contribution in [1.29, 1.82) is 0 Å². The van der Waals surface area contributed by atoms with Gasteiger partial charge in [-0.1, -0.05) is 6.58 Å². The highest BCUT2D eigenvalue weighted by atomic mass is 19.1. The van der Waals surface area contributed by atoms with E-state index in [1.54, 1.807) is 17.9 Å². The average Bonchev–Trinajstić information content (AvgIpc) is 2.60. The first-order chi connectivity index (χ1) is 7.63. The van der Waals surface area contributed by atoms with Gasteiger partial charge in [0.15, 0.2) is 0 Å². The number of aromatic nitrogens is 2. The fourth-order valence-electron chi connectivity index (χ4n) is 1.70. The summed E-state index contributed by atoms with van der Waals surface area (Å²) in [7, 11) is 1.77. The maximum Gasteiger partial charge on any atom is 0.126 e. The van der Waals surface area contributed by atoms with E-state index in [-0.39, 0.29) is 5.82 Å². The molecule has 0 amide bonds. The molecule has 0 aliphatic carbocycles. The minimum Gasteiger partial charge on any atom is -0.494 e. The van der Waals surface area contributed by atoms with Crippen LogP contribution in [-0.4, -0.2) is 16.4 Å². The SMILES string of the molecule is C=C(OCC)c1cc(F)cc2c1cnn2C. The molecular weight excluding hydrogens is 207 g/mol. The van der Waals surface area contributed by atoms with Crippen molar-refractivity contribution in [3.05, 3.63) is 36.3 Å². The molecule has 1 aromatic heterocycles. The molecule has 0 aliphatic heterocycles. The Morgan fingerprint density at radius 1 is 1.56 bits per heavy atom. The quantitative estimate of drug-likeness (QED) is 0.744. The lowest BCUT2D eigenvalue weighted by Gasteiger charge is -2.08. The number of ether oxygens (including phenoxy) is 1. The highest BCUT2D eigenvalue weighted by Gasteiger charge is 2.11. The molecule has 0 N–H and O–H groups in total. The highest BCUT2D eigenvalue weighted by Crippen LogP contribution is 2.25. The number of benzene rings is 1. The first-order valence-electron chi connectivity index (χ1n) is 5.06. The van der Waals surface area contributed by atoms with Crippen LogP contribution < -0.4 is 0 Å². The van der Waals surface area contributed by atoms with Crippen LogP contribution in [0.4, 0.5) is 4.39 Å². The van der Waals surface area contributed by atoms with Crippen molar-refractivity contribution < 1.29 is 9.13 Å². The minimum absolute atomic E-state index is 0.313. The second-order valence-electron chi connectivity index (χ2n) is 3.51. The van der Waals surface area contributed by atoms with Gasteiger partial charge in [0.2, 0.25) is 0 Å². The smallest absolute Gasteiger partial charge is 0.126 e. The second-order valence-corrected chi connectivity index (χ2v) is 3.51. The van der Waals surface area contributed by atoms with E-state index < -0.39 is 0 Å². The molecule has 0 saturated carbocycles. The van der Waals surface area contributed by atoms with Crippen LogP contribution in [0.3, 0.4) is 0 Å². The van der Waals surface area contributed by atoms with E-state index in [9.17, 15) is 4.39 Å². The van der Waals surface area contributed by atoms with Gasteiger partial charge in [-0.3, -0.25) is 4.68 Å². The first kappa shape index (κ1) is 10.7. The molecule has 84 valence electrons. The highest BCUT2D eigenvalue weighted by molar-refractivity contribution is 5.89. The predicted octanol–water partition coefficient (Wildman–Crippen LogP) is 2.72. The number of aryl methyl sites for hydroxylation is 1. The summed E-state index contributed by atoms with van der Waals surface area (Å²) in [5.41, 5.74) is 1.39. The molecule has 1 aromatic carbocycles. The third kappa shape index (κ3) is 1.66. The third-order valence-corrected chi connectivity index (χ3v) is 2.45. The number of halogens is 1. The van der Waals surface area contributed by atoms with E-state index in [4.69, 9.17) is 4.74 Å². The molecule has 16 heavy (non-hydrogen) atoms. The molecule has 0 radical (unpaired) electrons. The van der Waals surface area contributed by atoms with E-state index in [0.717, 1.165) is 10.9 Å². The van der Waals surface area contributed by atoms with Crippen molar-refractivity contribution in [2.24, 2.45) is 7.05 Å². The number of hydrogen-bond acceptors (Lipinski definition) is 2. The fourth-order valence-corrected chi connectivity index (χ4v) is 1.70. The number of rotatable bonds is 3. The Bertz CT molecular complexity index is 545. The summed E-state index contributed by atoms with van der Waals surface area (Å²) in [5, 5.41) is 4.94. The molecule has 0 bridgehead atoms. The number of nitrogens with zero attached hydrogens (tertiary/aromatic N) is 2. The molecule has 0 spiro atoms. The fraction of sp³-hybridized carbons (Fsp3) is 0.250. The van der Waals surface area contributed by atoms with Gasteiger partial charge in [0.1, 0.15) is 11.6 Å². The molecule has 4 heteroatoms. The van der Waals surface area contributed by atoms with Crippen LogP contribution in [0.5, 0.6) is 0 Å². The maximum absolute atomic E-state index is 13.4. The summed E-state index contributed by atoms with van der Waals surface area (Å²) >= 11 is 0. The third-order valence-electron chi connectivity index (χ3n) is 2.45. The summed E-state index contributed by atoms with van der Waals surface area (Å²) in [5.74, 6) is 0.159. The Morgan fingerprint density at radius 3 is 3.00 bits per heavy atom. The topological polar surface area (TPSA) is 27.1 Å². The Morgan fingerprint density at radius 2 is 2.31 bits per heavy atom. The van der Waals surface area contributed by atoms with Crippen molar-refractivity contribution in [1.82, 2.24) is 9.78 Å². The molecule has 0 saturated heterocycles. The van der Waals surface area contributed by atoms with Crippen LogP contribution in [0.15, 0.2) is 24.9 Å². The van der Waals surface area contributed by atoms with Crippen molar-refractivity contribution >= 4 is 16.7 Å². The lowest BCUT2D eigenvalue weighted by atomic mass is 10.1. The van der Waals surface area contributed by atoms with Crippen molar-refractivity contribution in [3.8, 4) is 0 Å². The monoisotopic (exact) mass is 220 g/mol. The van der Waals surface area contributed by atoms with Crippen LogP contribution in [-0.2, 0) is 11.8 Å². The minimum atomic E-state index is -0.313. The van der Waals surface area contributed by atoms with Crippen molar-refractivity contribution in [2.75, 3.05) is 6.61 Å². The Labute approximate surface area is 93.1 Å². The summed E-state index contributed by atoms with van der Waals surface area (Å²) in [6, 6.07) is 2.87. The van der Waals surface area contributed by atoms with Crippen LogP contribution in [0.25, 0.3) is 16.7 Å². The Hall–Kier alpha value is -1.84. The van der Waals surface area contributed by atoms with Crippen molar-refractivity contribution in [3.63, 3.8) is 0 Å². The molecule has 1 heterocycles. The summed E-state index contributed by atoms with van der Waals surface area (Å²) < 4.78 is 20.3. The molecule has 0 fully saturated rings. The van der Waals surface area contributed by atoms with E-state index in [0.29, 0.717) is 17.9 Å². The first-order valence-corrected chi connectivity index (χ1v) is 5.06. The molecule has 0 unspecified atom stereocenters. The largest absolute Gasteiger partial charge is 0.494 e. The zero-order valence-corrected chi connectivity index (χ0v) is 9.33. The zero-order valence-electron chi connectivity index (χ0n) is 9.33. The average molecular weight is 220 g/mol. The summed E-state index contributed by atoms with van der Waals surface area (Å²) in [4.78, 5) is 0. The van der Waals surface area contributed by atoms with Crippen LogP contribution >= 0.6 is 0 Å². The van der Waals surface area contributed by atoms with Crippen molar-refractivity contribution in [2.45, 2.75) is 6.92 Å². The normalized spacial score (nSPS) is 10.7. The molecule has 3 nitrogen and oxygen atoms in total. The molecule has 0 atom stereocenters. The van der Waals surface area contributed by atoms with E-state index in [1.807, 2.05) is 6.92 Å². The molecular formula is C12H13FN2O. The Kier molecular flexibility index (Phi) is 2.64. The zero-order chi connectivity index (χ0) is 11.7. The standard InChI is InChI=1S/C12H13FN2O/c1-4-16-8(2)10-5-9(13)6-12-11(10)7-14-15(12)3/h5-7H,2,4H2,1,3H3. The summed E-state index contributed by atoms with van der Waals surface area (Å²) in [6.45, 7) is 6.17. The van der Waals surface area contributed by atoms with E-state index in [1.165, 1.54) is 12.1 Å².